The molecule has 112 valence electrons. The summed E-state index contributed by atoms with van der Waals surface area (Å²) in [7, 11) is 0. The number of nitrogens with two attached hydrogens (primary N) is 1. The second-order valence-electron chi connectivity index (χ2n) is 4.12. The van der Waals surface area contributed by atoms with E-state index in [2.05, 4.69) is 4.98 Å². The number of imidazole rings is 1. The molecule has 1 aromatic carbocycles. The van der Waals surface area contributed by atoms with Gasteiger partial charge in [0.1, 0.15) is 12.1 Å². The van der Waals surface area contributed by atoms with Crippen LogP contribution in [0, 0.1) is 0 Å². The highest BCUT2D eigenvalue weighted by molar-refractivity contribution is 5.92. The lowest BCUT2D eigenvalue weighted by atomic mass is 10.2. The average Bonchev–Trinajstić information content (AvgIpc) is 2.80. The number of hydrogen-bond donors (Lipinski definition) is 1. The predicted molar refractivity (Wildman–Crippen MR) is 68.9 cm³/mol. The SMILES string of the molecule is CCOC(=O)c1ncn(-c2cccc(C(F)(F)F)c2)c1N. The largest absolute Gasteiger partial charge is 0.461 e. The molecule has 0 radical (unpaired) electrons. The predicted octanol–water partition coefficient (Wildman–Crippen LogP) is 2.65. The molecule has 8 heteroatoms. The van der Waals surface area contributed by atoms with E-state index in [1.54, 1.807) is 6.92 Å². The van der Waals surface area contributed by atoms with Gasteiger partial charge in [-0.2, -0.15) is 13.2 Å². The first-order valence-corrected chi connectivity index (χ1v) is 6.02. The van der Waals surface area contributed by atoms with Gasteiger partial charge in [0.15, 0.2) is 5.69 Å². The summed E-state index contributed by atoms with van der Waals surface area (Å²) in [4.78, 5) is 15.4. The highest BCUT2D eigenvalue weighted by atomic mass is 19.4. The monoisotopic (exact) mass is 299 g/mol. The molecule has 2 rings (SSSR count). The molecule has 21 heavy (non-hydrogen) atoms. The highest BCUT2D eigenvalue weighted by Gasteiger charge is 2.30. The minimum Gasteiger partial charge on any atom is -0.461 e. The standard InChI is InChI=1S/C13H12F3N3O2/c1-2-21-12(20)10-11(17)19(7-18-10)9-5-3-4-8(6-9)13(14,15)16/h3-7H,2,17H2,1H3. The van der Waals surface area contributed by atoms with Gasteiger partial charge in [-0.1, -0.05) is 6.07 Å². The molecule has 0 atom stereocenters. The first-order valence-electron chi connectivity index (χ1n) is 6.02. The van der Waals surface area contributed by atoms with E-state index < -0.39 is 17.7 Å². The zero-order valence-electron chi connectivity index (χ0n) is 11.0. The lowest BCUT2D eigenvalue weighted by Crippen LogP contribution is -2.10. The number of carbonyl (C=O) groups excluding carboxylic acids is 1. The molecule has 0 unspecified atom stereocenters. The van der Waals surface area contributed by atoms with Gasteiger partial charge in [0.25, 0.3) is 0 Å². The Morgan fingerprint density at radius 3 is 2.76 bits per heavy atom. The zero-order chi connectivity index (χ0) is 15.6. The van der Waals surface area contributed by atoms with Crippen LogP contribution < -0.4 is 5.73 Å². The summed E-state index contributed by atoms with van der Waals surface area (Å²) in [6.07, 6.45) is -3.29. The van der Waals surface area contributed by atoms with Crippen molar-refractivity contribution in [1.29, 1.82) is 0 Å². The van der Waals surface area contributed by atoms with Crippen LogP contribution in [0.5, 0.6) is 0 Å². The maximum atomic E-state index is 12.7. The summed E-state index contributed by atoms with van der Waals surface area (Å²) in [6, 6.07) is 4.56. The molecular weight excluding hydrogens is 287 g/mol. The van der Waals surface area contributed by atoms with Crippen molar-refractivity contribution < 1.29 is 22.7 Å². The molecule has 0 saturated heterocycles. The minimum atomic E-state index is -4.46. The quantitative estimate of drug-likeness (QED) is 0.885. The Balaban J connectivity index is 2.42. The molecule has 0 aliphatic heterocycles. The number of alkyl halides is 3. The van der Waals surface area contributed by atoms with E-state index in [-0.39, 0.29) is 23.8 Å². The van der Waals surface area contributed by atoms with Crippen LogP contribution in [0.3, 0.4) is 0 Å². The molecule has 1 heterocycles. The van der Waals surface area contributed by atoms with Crippen molar-refractivity contribution in [2.45, 2.75) is 13.1 Å². The van der Waals surface area contributed by atoms with Crippen LogP contribution in [-0.4, -0.2) is 22.1 Å². The van der Waals surface area contributed by atoms with Gasteiger partial charge in [-0.05, 0) is 25.1 Å². The van der Waals surface area contributed by atoms with Gasteiger partial charge in [-0.3, -0.25) is 4.57 Å². The smallest absolute Gasteiger partial charge is 0.416 e. The Hall–Kier alpha value is -2.51. The minimum absolute atomic E-state index is 0.0761. The number of nitrogen functional groups attached to an aromatic ring is 1. The average molecular weight is 299 g/mol. The molecule has 0 aliphatic carbocycles. The maximum absolute atomic E-state index is 12.7. The third-order valence-corrected chi connectivity index (χ3v) is 2.72. The van der Waals surface area contributed by atoms with Crippen LogP contribution in [0.15, 0.2) is 30.6 Å². The van der Waals surface area contributed by atoms with Crippen molar-refractivity contribution in [3.8, 4) is 5.69 Å². The second-order valence-corrected chi connectivity index (χ2v) is 4.12. The summed E-state index contributed by atoms with van der Waals surface area (Å²) in [5.41, 5.74) is 4.96. The number of anilines is 1. The molecule has 0 saturated carbocycles. The summed E-state index contributed by atoms with van der Waals surface area (Å²) in [6.45, 7) is 1.77. The molecule has 0 spiro atoms. The number of esters is 1. The van der Waals surface area contributed by atoms with Gasteiger partial charge >= 0.3 is 12.1 Å². The highest BCUT2D eigenvalue weighted by Crippen LogP contribution is 2.31. The van der Waals surface area contributed by atoms with Gasteiger partial charge < -0.3 is 10.5 Å². The number of hydrogen-bond acceptors (Lipinski definition) is 4. The lowest BCUT2D eigenvalue weighted by molar-refractivity contribution is -0.137. The van der Waals surface area contributed by atoms with Crippen LogP contribution in [0.25, 0.3) is 5.69 Å². The number of carbonyl (C=O) groups is 1. The van der Waals surface area contributed by atoms with Gasteiger partial charge in [0.05, 0.1) is 12.2 Å². The maximum Gasteiger partial charge on any atom is 0.416 e. The van der Waals surface area contributed by atoms with E-state index in [1.807, 2.05) is 0 Å². The van der Waals surface area contributed by atoms with Gasteiger partial charge in [0, 0.05) is 5.69 Å². The Kier molecular flexibility index (Phi) is 3.88. The first kappa shape index (κ1) is 14.9. The fraction of sp³-hybridized carbons (Fsp3) is 0.231. The Labute approximate surface area is 118 Å². The Morgan fingerprint density at radius 1 is 1.43 bits per heavy atom. The third-order valence-electron chi connectivity index (χ3n) is 2.72. The number of halogens is 3. The second kappa shape index (κ2) is 5.47. The van der Waals surface area contributed by atoms with Crippen LogP contribution in [0.1, 0.15) is 23.0 Å². The summed E-state index contributed by atoms with van der Waals surface area (Å²) < 4.78 is 44.0. The van der Waals surface area contributed by atoms with Crippen molar-refractivity contribution in [2.24, 2.45) is 0 Å². The fourth-order valence-electron chi connectivity index (χ4n) is 1.75. The van der Waals surface area contributed by atoms with E-state index in [1.165, 1.54) is 23.0 Å². The van der Waals surface area contributed by atoms with Crippen LogP contribution in [0.2, 0.25) is 0 Å². The number of rotatable bonds is 3. The molecule has 1 aromatic heterocycles. The summed E-state index contributed by atoms with van der Waals surface area (Å²) in [5.74, 6) is -0.798. The van der Waals surface area contributed by atoms with Crippen LogP contribution in [0.4, 0.5) is 19.0 Å². The first-order chi connectivity index (χ1) is 9.84. The van der Waals surface area contributed by atoms with Crippen molar-refractivity contribution in [2.75, 3.05) is 12.3 Å². The van der Waals surface area contributed by atoms with E-state index >= 15 is 0 Å². The van der Waals surface area contributed by atoms with Crippen molar-refractivity contribution in [3.05, 3.63) is 41.9 Å². The molecule has 2 N–H and O–H groups in total. The van der Waals surface area contributed by atoms with Crippen LogP contribution >= 0.6 is 0 Å². The van der Waals surface area contributed by atoms with Crippen molar-refractivity contribution in [1.82, 2.24) is 9.55 Å². The Morgan fingerprint density at radius 2 is 2.14 bits per heavy atom. The molecule has 5 nitrogen and oxygen atoms in total. The van der Waals surface area contributed by atoms with E-state index in [0.717, 1.165) is 12.1 Å². The third kappa shape index (κ3) is 2.99. The summed E-state index contributed by atoms with van der Waals surface area (Å²) >= 11 is 0. The van der Waals surface area contributed by atoms with Gasteiger partial charge in [0.2, 0.25) is 0 Å². The van der Waals surface area contributed by atoms with E-state index in [9.17, 15) is 18.0 Å². The van der Waals surface area contributed by atoms with Crippen LogP contribution in [-0.2, 0) is 10.9 Å². The molecule has 0 fully saturated rings. The normalized spacial score (nSPS) is 11.4. The number of ether oxygens (including phenoxy) is 1. The molecular formula is C13H12F3N3O2. The number of aromatic nitrogens is 2. The zero-order valence-corrected chi connectivity index (χ0v) is 11.0. The Bertz CT molecular complexity index is 665. The molecule has 2 aromatic rings. The van der Waals surface area contributed by atoms with E-state index in [4.69, 9.17) is 10.5 Å². The molecule has 0 aliphatic rings. The lowest BCUT2D eigenvalue weighted by Gasteiger charge is -2.10. The van der Waals surface area contributed by atoms with Crippen molar-refractivity contribution in [3.63, 3.8) is 0 Å². The topological polar surface area (TPSA) is 70.1 Å². The number of benzene rings is 1. The van der Waals surface area contributed by atoms with E-state index in [0.29, 0.717) is 0 Å². The fourth-order valence-corrected chi connectivity index (χ4v) is 1.75. The van der Waals surface area contributed by atoms with Crippen molar-refractivity contribution >= 4 is 11.8 Å². The van der Waals surface area contributed by atoms with Gasteiger partial charge in [-0.15, -0.1) is 0 Å². The van der Waals surface area contributed by atoms with Gasteiger partial charge in [-0.25, -0.2) is 9.78 Å². The number of nitrogens with zero attached hydrogens (tertiary/aromatic N) is 2. The molecule has 0 amide bonds. The molecule has 0 bridgehead atoms. The summed E-state index contributed by atoms with van der Waals surface area (Å²) in [5, 5.41) is 0.